The average molecular weight is 283 g/mol. The lowest BCUT2D eigenvalue weighted by molar-refractivity contribution is 0.395. The summed E-state index contributed by atoms with van der Waals surface area (Å²) in [6.07, 6.45) is 2.60. The maximum atomic E-state index is 5.53. The Morgan fingerprint density at radius 1 is 1.00 bits per heavy atom. The molecular weight excluding hydrogens is 262 g/mol. The van der Waals surface area contributed by atoms with Gasteiger partial charge in [-0.05, 0) is 36.1 Å². The van der Waals surface area contributed by atoms with Gasteiger partial charge < -0.3 is 14.8 Å². The van der Waals surface area contributed by atoms with Crippen molar-refractivity contribution in [3.05, 3.63) is 48.0 Å². The third-order valence-corrected chi connectivity index (χ3v) is 3.87. The smallest absolute Gasteiger partial charge is 0.130 e. The van der Waals surface area contributed by atoms with Crippen LogP contribution in [-0.4, -0.2) is 20.3 Å². The Kier molecular flexibility index (Phi) is 4.11. The fraction of sp³-hybridized carbons (Fsp3) is 0.333. The van der Waals surface area contributed by atoms with Gasteiger partial charge in [0.1, 0.15) is 11.5 Å². The quantitative estimate of drug-likeness (QED) is 0.878. The van der Waals surface area contributed by atoms with Crippen LogP contribution in [0.15, 0.2) is 42.5 Å². The lowest BCUT2D eigenvalue weighted by Gasteiger charge is -2.14. The molecule has 0 amide bonds. The maximum Gasteiger partial charge on any atom is 0.130 e. The molecule has 1 N–H and O–H groups in total. The number of hydrogen-bond acceptors (Lipinski definition) is 3. The third kappa shape index (κ3) is 3.19. The van der Waals surface area contributed by atoms with Crippen LogP contribution < -0.4 is 14.8 Å². The van der Waals surface area contributed by atoms with E-state index in [0.717, 1.165) is 23.6 Å². The molecule has 110 valence electrons. The summed E-state index contributed by atoms with van der Waals surface area (Å²) in [4.78, 5) is 0. The lowest BCUT2D eigenvalue weighted by atomic mass is 9.98. The molecule has 2 aromatic rings. The molecule has 0 atom stereocenters. The minimum atomic E-state index is 0.704. The summed E-state index contributed by atoms with van der Waals surface area (Å²) in [6.45, 7) is 0.899. The van der Waals surface area contributed by atoms with Crippen LogP contribution in [0, 0.1) is 0 Å². The van der Waals surface area contributed by atoms with Crippen LogP contribution >= 0.6 is 0 Å². The summed E-state index contributed by atoms with van der Waals surface area (Å²) in [5.74, 6) is 1.65. The average Bonchev–Trinajstić information content (AvgIpc) is 3.37. The van der Waals surface area contributed by atoms with Crippen LogP contribution in [0.3, 0.4) is 0 Å². The van der Waals surface area contributed by atoms with Crippen LogP contribution in [0.4, 0.5) is 0 Å². The van der Waals surface area contributed by atoms with Gasteiger partial charge in [0.05, 0.1) is 14.2 Å². The van der Waals surface area contributed by atoms with Gasteiger partial charge in [0.25, 0.3) is 0 Å². The minimum Gasteiger partial charge on any atom is -0.497 e. The van der Waals surface area contributed by atoms with Crippen molar-refractivity contribution in [2.75, 3.05) is 14.2 Å². The van der Waals surface area contributed by atoms with Crippen molar-refractivity contribution in [1.29, 1.82) is 0 Å². The van der Waals surface area contributed by atoms with Gasteiger partial charge in [0.2, 0.25) is 0 Å². The fourth-order valence-electron chi connectivity index (χ4n) is 2.50. The Balaban J connectivity index is 1.94. The molecule has 2 aromatic carbocycles. The molecule has 0 saturated heterocycles. The summed E-state index contributed by atoms with van der Waals surface area (Å²) >= 11 is 0. The van der Waals surface area contributed by atoms with Gasteiger partial charge in [-0.1, -0.05) is 24.3 Å². The van der Waals surface area contributed by atoms with E-state index in [1.807, 2.05) is 12.1 Å². The highest BCUT2D eigenvalue weighted by molar-refractivity contribution is 5.74. The first-order valence-corrected chi connectivity index (χ1v) is 7.35. The molecule has 1 aliphatic rings. The van der Waals surface area contributed by atoms with E-state index in [1.54, 1.807) is 14.2 Å². The van der Waals surface area contributed by atoms with Gasteiger partial charge in [-0.15, -0.1) is 0 Å². The predicted molar refractivity (Wildman–Crippen MR) is 84.8 cm³/mol. The molecule has 3 nitrogen and oxygen atoms in total. The highest BCUT2D eigenvalue weighted by Crippen LogP contribution is 2.35. The number of rotatable bonds is 6. The Labute approximate surface area is 125 Å². The normalized spacial score (nSPS) is 14.0. The minimum absolute atomic E-state index is 0.704. The fourth-order valence-corrected chi connectivity index (χ4v) is 2.50. The van der Waals surface area contributed by atoms with Crippen molar-refractivity contribution in [1.82, 2.24) is 5.32 Å². The number of methoxy groups -OCH3 is 2. The topological polar surface area (TPSA) is 30.5 Å². The van der Waals surface area contributed by atoms with E-state index in [9.17, 15) is 0 Å². The molecule has 0 aromatic heterocycles. The van der Waals surface area contributed by atoms with Crippen molar-refractivity contribution in [2.24, 2.45) is 0 Å². The van der Waals surface area contributed by atoms with E-state index in [-0.39, 0.29) is 0 Å². The molecule has 1 aliphatic carbocycles. The summed E-state index contributed by atoms with van der Waals surface area (Å²) < 4.78 is 10.8. The Hall–Kier alpha value is -2.00. The van der Waals surface area contributed by atoms with E-state index in [2.05, 4.69) is 35.6 Å². The summed E-state index contributed by atoms with van der Waals surface area (Å²) in [5.41, 5.74) is 3.62. The van der Waals surface area contributed by atoms with Gasteiger partial charge in [-0.3, -0.25) is 0 Å². The molecule has 0 spiro atoms. The Morgan fingerprint density at radius 3 is 2.52 bits per heavy atom. The van der Waals surface area contributed by atoms with Crippen molar-refractivity contribution < 1.29 is 9.47 Å². The van der Waals surface area contributed by atoms with Crippen molar-refractivity contribution >= 4 is 0 Å². The first-order valence-electron chi connectivity index (χ1n) is 7.35. The number of hydrogen-bond donors (Lipinski definition) is 1. The van der Waals surface area contributed by atoms with Crippen molar-refractivity contribution in [3.63, 3.8) is 0 Å². The van der Waals surface area contributed by atoms with E-state index in [0.29, 0.717) is 6.04 Å². The molecule has 0 aliphatic heterocycles. The van der Waals surface area contributed by atoms with Gasteiger partial charge in [-0.25, -0.2) is 0 Å². The number of nitrogens with one attached hydrogen (secondary N) is 1. The second-order valence-corrected chi connectivity index (χ2v) is 5.38. The molecule has 1 saturated carbocycles. The zero-order valence-electron chi connectivity index (χ0n) is 12.6. The van der Waals surface area contributed by atoms with Crippen molar-refractivity contribution in [2.45, 2.75) is 25.4 Å². The van der Waals surface area contributed by atoms with Crippen LogP contribution in [0.1, 0.15) is 18.4 Å². The predicted octanol–water partition coefficient (Wildman–Crippen LogP) is 3.62. The molecule has 1 fully saturated rings. The van der Waals surface area contributed by atoms with Crippen LogP contribution in [0.5, 0.6) is 11.5 Å². The largest absolute Gasteiger partial charge is 0.497 e. The zero-order chi connectivity index (χ0) is 14.7. The maximum absolute atomic E-state index is 5.53. The lowest BCUT2D eigenvalue weighted by Crippen LogP contribution is -2.15. The molecule has 3 heteroatoms. The monoisotopic (exact) mass is 283 g/mol. The first kappa shape index (κ1) is 14.0. The van der Waals surface area contributed by atoms with Crippen LogP contribution in [0.2, 0.25) is 0 Å². The summed E-state index contributed by atoms with van der Waals surface area (Å²) in [6, 6.07) is 15.2. The van der Waals surface area contributed by atoms with E-state index >= 15 is 0 Å². The molecule has 0 radical (unpaired) electrons. The SMILES string of the molecule is COc1ccc(-c2ccccc2CNC2CC2)c(OC)c1. The number of ether oxygens (including phenoxy) is 2. The Morgan fingerprint density at radius 2 is 1.81 bits per heavy atom. The van der Waals surface area contributed by atoms with Gasteiger partial charge in [0, 0.05) is 24.2 Å². The standard InChI is InChI=1S/C18H21NO2/c1-20-15-9-10-17(18(11-15)21-2)16-6-4-3-5-13(16)12-19-14-7-8-14/h3-6,9-11,14,19H,7-8,12H2,1-2H3. The second kappa shape index (κ2) is 6.19. The molecule has 0 unspecified atom stereocenters. The van der Waals surface area contributed by atoms with E-state index < -0.39 is 0 Å². The summed E-state index contributed by atoms with van der Waals surface area (Å²) in [7, 11) is 3.37. The highest BCUT2D eigenvalue weighted by Gasteiger charge is 2.20. The third-order valence-electron chi connectivity index (χ3n) is 3.87. The first-order chi connectivity index (χ1) is 10.3. The highest BCUT2D eigenvalue weighted by atomic mass is 16.5. The van der Waals surface area contributed by atoms with Crippen LogP contribution in [0.25, 0.3) is 11.1 Å². The summed E-state index contributed by atoms with van der Waals surface area (Å²) in [5, 5.41) is 3.58. The van der Waals surface area contributed by atoms with Gasteiger partial charge in [0.15, 0.2) is 0 Å². The van der Waals surface area contributed by atoms with E-state index in [4.69, 9.17) is 9.47 Å². The second-order valence-electron chi connectivity index (χ2n) is 5.38. The van der Waals surface area contributed by atoms with Gasteiger partial charge in [-0.2, -0.15) is 0 Å². The van der Waals surface area contributed by atoms with Crippen molar-refractivity contribution in [3.8, 4) is 22.6 Å². The zero-order valence-corrected chi connectivity index (χ0v) is 12.6. The molecule has 0 bridgehead atoms. The van der Waals surface area contributed by atoms with Crippen LogP contribution in [-0.2, 0) is 6.54 Å². The molecular formula is C18H21NO2. The Bertz CT molecular complexity index is 620. The number of benzene rings is 2. The van der Waals surface area contributed by atoms with Gasteiger partial charge >= 0.3 is 0 Å². The van der Waals surface area contributed by atoms with E-state index in [1.165, 1.54) is 24.0 Å². The molecule has 0 heterocycles. The molecule has 21 heavy (non-hydrogen) atoms. The molecule has 3 rings (SSSR count).